The van der Waals surface area contributed by atoms with E-state index in [0.717, 1.165) is 61.0 Å². The first-order chi connectivity index (χ1) is 13.7. The van der Waals surface area contributed by atoms with Gasteiger partial charge in [-0.2, -0.15) is 0 Å². The van der Waals surface area contributed by atoms with Crippen molar-refractivity contribution in [3.63, 3.8) is 0 Å². The number of morpholine rings is 1. The summed E-state index contributed by atoms with van der Waals surface area (Å²) in [6, 6.07) is 7.89. The molecule has 0 atom stereocenters. The molecule has 2 aromatic rings. The van der Waals surface area contributed by atoms with Crippen LogP contribution in [0.1, 0.15) is 23.2 Å². The van der Waals surface area contributed by atoms with Gasteiger partial charge in [0.2, 0.25) is 11.9 Å². The molecule has 0 radical (unpaired) electrons. The van der Waals surface area contributed by atoms with E-state index in [1.54, 1.807) is 7.11 Å². The molecule has 4 rings (SSSR count). The summed E-state index contributed by atoms with van der Waals surface area (Å²) in [5.74, 6) is 1.75. The number of benzene rings is 1. The number of aromatic nitrogens is 2. The summed E-state index contributed by atoms with van der Waals surface area (Å²) in [4.78, 5) is 26.1. The molecule has 2 aliphatic rings. The number of fused-ring (bicyclic) bond motifs is 1. The number of hydrogen-bond acceptors (Lipinski definition) is 6. The van der Waals surface area contributed by atoms with Crippen LogP contribution in [0.2, 0.25) is 0 Å². The van der Waals surface area contributed by atoms with Crippen molar-refractivity contribution in [3.8, 4) is 5.75 Å². The van der Waals surface area contributed by atoms with Crippen LogP contribution in [-0.2, 0) is 28.9 Å². The molecule has 1 aromatic heterocycles. The van der Waals surface area contributed by atoms with E-state index in [0.29, 0.717) is 26.2 Å². The van der Waals surface area contributed by atoms with Crippen LogP contribution < -0.4 is 9.64 Å². The second-order valence-electron chi connectivity index (χ2n) is 7.15. The topological polar surface area (TPSA) is 67.8 Å². The number of hydrogen-bond donors (Lipinski definition) is 0. The highest BCUT2D eigenvalue weighted by Crippen LogP contribution is 2.21. The molecule has 1 amide bonds. The summed E-state index contributed by atoms with van der Waals surface area (Å²) in [6.45, 7) is 4.32. The lowest BCUT2D eigenvalue weighted by Gasteiger charge is -2.30. The third kappa shape index (κ3) is 4.25. The normalized spacial score (nSPS) is 16.6. The van der Waals surface area contributed by atoms with Gasteiger partial charge in [0.15, 0.2) is 0 Å². The lowest BCUT2D eigenvalue weighted by Crippen LogP contribution is -2.39. The minimum Gasteiger partial charge on any atom is -0.497 e. The van der Waals surface area contributed by atoms with Crippen molar-refractivity contribution >= 4 is 11.9 Å². The number of nitrogens with zero attached hydrogens (tertiary/aromatic N) is 4. The lowest BCUT2D eigenvalue weighted by molar-refractivity contribution is -0.132. The molecule has 0 aliphatic carbocycles. The average Bonchev–Trinajstić information content (AvgIpc) is 2.77. The molecule has 0 bridgehead atoms. The van der Waals surface area contributed by atoms with Gasteiger partial charge in [-0.05, 0) is 36.1 Å². The summed E-state index contributed by atoms with van der Waals surface area (Å²) in [5, 5.41) is 0. The number of anilines is 1. The molecule has 7 heteroatoms. The lowest BCUT2D eigenvalue weighted by atomic mass is 10.1. The minimum absolute atomic E-state index is 0.174. The van der Waals surface area contributed by atoms with Gasteiger partial charge in [0.05, 0.1) is 32.6 Å². The number of ether oxygens (including phenoxy) is 2. The Balaban J connectivity index is 1.37. The SMILES string of the molecule is COc1ccc(CCC(=O)N2CCc3cnc(N4CCOCC4)nc3C2)cc1. The predicted octanol–water partition coefficient (Wildman–Crippen LogP) is 1.84. The molecule has 148 valence electrons. The number of aryl methyl sites for hydroxylation is 1. The minimum atomic E-state index is 0.174. The zero-order valence-electron chi connectivity index (χ0n) is 16.3. The molecule has 3 heterocycles. The van der Waals surface area contributed by atoms with Crippen LogP contribution in [0, 0.1) is 0 Å². The first-order valence-electron chi connectivity index (χ1n) is 9.81. The average molecular weight is 382 g/mol. The van der Waals surface area contributed by atoms with E-state index in [1.165, 1.54) is 0 Å². The summed E-state index contributed by atoms with van der Waals surface area (Å²) < 4.78 is 10.6. The molecule has 0 N–H and O–H groups in total. The molecule has 0 saturated carbocycles. The number of carbonyl (C=O) groups is 1. The first kappa shape index (κ1) is 18.7. The number of methoxy groups -OCH3 is 1. The third-order valence-corrected chi connectivity index (χ3v) is 5.37. The second kappa shape index (κ2) is 8.56. The van der Waals surface area contributed by atoms with Crippen LogP contribution >= 0.6 is 0 Å². The van der Waals surface area contributed by atoms with Gasteiger partial charge in [-0.3, -0.25) is 4.79 Å². The van der Waals surface area contributed by atoms with Crippen molar-refractivity contribution in [3.05, 3.63) is 47.3 Å². The van der Waals surface area contributed by atoms with Gasteiger partial charge in [0.25, 0.3) is 0 Å². The number of rotatable bonds is 5. The largest absolute Gasteiger partial charge is 0.497 e. The fraction of sp³-hybridized carbons (Fsp3) is 0.476. The Morgan fingerprint density at radius 1 is 1.18 bits per heavy atom. The van der Waals surface area contributed by atoms with E-state index >= 15 is 0 Å². The third-order valence-electron chi connectivity index (χ3n) is 5.37. The molecule has 0 unspecified atom stereocenters. The Hall–Kier alpha value is -2.67. The van der Waals surface area contributed by atoms with Crippen molar-refractivity contribution in [2.45, 2.75) is 25.8 Å². The van der Waals surface area contributed by atoms with Crippen molar-refractivity contribution in [2.75, 3.05) is 44.9 Å². The maximum atomic E-state index is 12.7. The van der Waals surface area contributed by atoms with Crippen LogP contribution in [0.15, 0.2) is 30.5 Å². The summed E-state index contributed by atoms with van der Waals surface area (Å²) in [6.07, 6.45) is 3.97. The Morgan fingerprint density at radius 3 is 2.71 bits per heavy atom. The Morgan fingerprint density at radius 2 is 1.96 bits per heavy atom. The van der Waals surface area contributed by atoms with Crippen LogP contribution in [0.4, 0.5) is 5.95 Å². The highest BCUT2D eigenvalue weighted by molar-refractivity contribution is 5.76. The summed E-state index contributed by atoms with van der Waals surface area (Å²) in [7, 11) is 1.65. The maximum Gasteiger partial charge on any atom is 0.225 e. The highest BCUT2D eigenvalue weighted by atomic mass is 16.5. The molecule has 1 saturated heterocycles. The molecule has 7 nitrogen and oxygen atoms in total. The van der Waals surface area contributed by atoms with Crippen LogP contribution in [-0.4, -0.2) is 60.7 Å². The van der Waals surface area contributed by atoms with Crippen molar-refractivity contribution < 1.29 is 14.3 Å². The van der Waals surface area contributed by atoms with Gasteiger partial charge in [0.1, 0.15) is 5.75 Å². The molecule has 1 aromatic carbocycles. The highest BCUT2D eigenvalue weighted by Gasteiger charge is 2.23. The van der Waals surface area contributed by atoms with E-state index < -0.39 is 0 Å². The molecule has 28 heavy (non-hydrogen) atoms. The van der Waals surface area contributed by atoms with Gasteiger partial charge in [-0.25, -0.2) is 9.97 Å². The quantitative estimate of drug-likeness (QED) is 0.786. The predicted molar refractivity (Wildman–Crippen MR) is 106 cm³/mol. The monoisotopic (exact) mass is 382 g/mol. The zero-order chi connectivity index (χ0) is 19.3. The van der Waals surface area contributed by atoms with Gasteiger partial charge in [-0.1, -0.05) is 12.1 Å². The fourth-order valence-corrected chi connectivity index (χ4v) is 3.62. The van der Waals surface area contributed by atoms with Crippen LogP contribution in [0.25, 0.3) is 0 Å². The number of carbonyl (C=O) groups excluding carboxylic acids is 1. The van der Waals surface area contributed by atoms with Gasteiger partial charge >= 0.3 is 0 Å². The molecular weight excluding hydrogens is 356 g/mol. The molecule has 2 aliphatic heterocycles. The van der Waals surface area contributed by atoms with E-state index in [2.05, 4.69) is 9.88 Å². The Labute approximate surface area is 165 Å². The second-order valence-corrected chi connectivity index (χ2v) is 7.15. The smallest absolute Gasteiger partial charge is 0.225 e. The van der Waals surface area contributed by atoms with Crippen LogP contribution in [0.5, 0.6) is 5.75 Å². The standard InChI is InChI=1S/C21H26N4O3/c1-27-18-5-2-16(3-6-18)4-7-20(26)25-9-8-17-14-22-21(23-19(17)15-25)24-10-12-28-13-11-24/h2-3,5-6,14H,4,7-13,15H2,1H3. The first-order valence-corrected chi connectivity index (χ1v) is 9.81. The number of amides is 1. The van der Waals surface area contributed by atoms with Crippen molar-refractivity contribution in [1.82, 2.24) is 14.9 Å². The molecule has 1 fully saturated rings. The van der Waals surface area contributed by atoms with Gasteiger partial charge < -0.3 is 19.3 Å². The molecular formula is C21H26N4O3. The van der Waals surface area contributed by atoms with E-state index in [4.69, 9.17) is 14.5 Å². The van der Waals surface area contributed by atoms with Gasteiger partial charge in [0, 0.05) is 32.3 Å². The fourth-order valence-electron chi connectivity index (χ4n) is 3.62. The van der Waals surface area contributed by atoms with E-state index in [1.807, 2.05) is 35.4 Å². The van der Waals surface area contributed by atoms with E-state index in [-0.39, 0.29) is 5.91 Å². The molecule has 0 spiro atoms. The zero-order valence-corrected chi connectivity index (χ0v) is 16.3. The van der Waals surface area contributed by atoms with Crippen molar-refractivity contribution in [1.29, 1.82) is 0 Å². The summed E-state index contributed by atoms with van der Waals surface area (Å²) >= 11 is 0. The Kier molecular flexibility index (Phi) is 5.71. The Bertz CT molecular complexity index is 819. The van der Waals surface area contributed by atoms with Crippen molar-refractivity contribution in [2.24, 2.45) is 0 Å². The van der Waals surface area contributed by atoms with Crippen LogP contribution in [0.3, 0.4) is 0 Å². The van der Waals surface area contributed by atoms with Gasteiger partial charge in [-0.15, -0.1) is 0 Å². The maximum absolute atomic E-state index is 12.7. The summed E-state index contributed by atoms with van der Waals surface area (Å²) in [5.41, 5.74) is 3.26. The van der Waals surface area contributed by atoms with E-state index in [9.17, 15) is 4.79 Å².